The number of benzene rings is 2. The van der Waals surface area contributed by atoms with Crippen LogP contribution in [0.25, 0.3) is 16.6 Å². The van der Waals surface area contributed by atoms with E-state index in [1.54, 1.807) is 36.7 Å². The maximum atomic E-state index is 12.1. The molecule has 0 radical (unpaired) electrons. The summed E-state index contributed by atoms with van der Waals surface area (Å²) in [4.78, 5) is 27.3. The Labute approximate surface area is 172 Å². The second kappa shape index (κ2) is 8.83. The normalized spacial score (nSPS) is 11.8. The van der Waals surface area contributed by atoms with E-state index in [0.717, 1.165) is 11.1 Å². The average Bonchev–Trinajstić information content (AvgIpc) is 2.78. The first-order chi connectivity index (χ1) is 14.7. The number of nitrogens with zero attached hydrogens (tertiary/aromatic N) is 3. The summed E-state index contributed by atoms with van der Waals surface area (Å²) in [7, 11) is 0. The van der Waals surface area contributed by atoms with Crippen molar-refractivity contribution in [3.63, 3.8) is 0 Å². The monoisotopic (exact) mass is 397 g/mol. The summed E-state index contributed by atoms with van der Waals surface area (Å²) in [5.41, 5.74) is 8.86. The van der Waals surface area contributed by atoms with Crippen LogP contribution in [0.15, 0.2) is 88.9 Å². The van der Waals surface area contributed by atoms with E-state index in [9.17, 15) is 4.79 Å². The summed E-state index contributed by atoms with van der Waals surface area (Å²) >= 11 is 0. The average molecular weight is 397 g/mol. The van der Waals surface area contributed by atoms with Crippen molar-refractivity contribution in [2.75, 3.05) is 0 Å². The molecule has 7 nitrogen and oxygen atoms in total. The minimum atomic E-state index is -0.281. The topological polar surface area (TPSA) is 106 Å². The van der Waals surface area contributed by atoms with Crippen molar-refractivity contribution in [1.82, 2.24) is 15.0 Å². The van der Waals surface area contributed by atoms with Gasteiger partial charge in [0.05, 0.1) is 23.6 Å². The highest BCUT2D eigenvalue weighted by molar-refractivity contribution is 5.83. The van der Waals surface area contributed by atoms with Crippen molar-refractivity contribution in [2.45, 2.75) is 6.54 Å². The molecule has 4 aromatic rings. The zero-order valence-electron chi connectivity index (χ0n) is 16.0. The Morgan fingerprint density at radius 1 is 1.10 bits per heavy atom. The number of nitrogens with one attached hydrogen (secondary N) is 1. The maximum absolute atomic E-state index is 12.1. The van der Waals surface area contributed by atoms with Gasteiger partial charge in [0.15, 0.2) is 0 Å². The molecule has 0 saturated heterocycles. The van der Waals surface area contributed by atoms with Gasteiger partial charge < -0.3 is 10.5 Å². The third-order valence-corrected chi connectivity index (χ3v) is 4.37. The number of hydrogen-bond donors (Lipinski definition) is 2. The fourth-order valence-electron chi connectivity index (χ4n) is 2.82. The number of fused-ring (bicyclic) bond motifs is 1. The smallest absolute Gasteiger partial charge is 0.302 e. The van der Waals surface area contributed by atoms with Gasteiger partial charge in [-0.2, -0.15) is 4.98 Å². The van der Waals surface area contributed by atoms with Crippen LogP contribution >= 0.6 is 0 Å². The Morgan fingerprint density at radius 2 is 1.90 bits per heavy atom. The van der Waals surface area contributed by atoms with Crippen LogP contribution in [0.2, 0.25) is 0 Å². The number of rotatable bonds is 6. The molecule has 4 rings (SSSR count). The Bertz CT molecular complexity index is 1260. The predicted molar refractivity (Wildman–Crippen MR) is 117 cm³/mol. The molecule has 0 aliphatic heterocycles. The zero-order valence-corrected chi connectivity index (χ0v) is 16.0. The zero-order chi connectivity index (χ0) is 20.8. The maximum Gasteiger partial charge on any atom is 0.302 e. The number of allylic oxidation sites excluding steroid dienone is 1. The van der Waals surface area contributed by atoms with Gasteiger partial charge in [-0.25, -0.2) is 0 Å². The van der Waals surface area contributed by atoms with E-state index >= 15 is 0 Å². The number of aliphatic imine (C=N–C) groups is 1. The summed E-state index contributed by atoms with van der Waals surface area (Å²) in [6.07, 6.45) is 6.52. The number of aromatic nitrogens is 3. The number of nitrogens with two attached hydrogens (primary N) is 1. The molecule has 0 amide bonds. The summed E-state index contributed by atoms with van der Waals surface area (Å²) in [5.74, 6) is 0.524. The van der Waals surface area contributed by atoms with Gasteiger partial charge in [0.25, 0.3) is 5.56 Å². The van der Waals surface area contributed by atoms with E-state index in [1.807, 2.05) is 42.5 Å². The summed E-state index contributed by atoms with van der Waals surface area (Å²) in [6, 6.07) is 18.9. The molecule has 0 atom stereocenters. The molecule has 0 fully saturated rings. The quantitative estimate of drug-likeness (QED) is 0.483. The molecule has 0 saturated carbocycles. The van der Waals surface area contributed by atoms with Crippen LogP contribution in [0.4, 0.5) is 0 Å². The van der Waals surface area contributed by atoms with Gasteiger partial charge in [0.1, 0.15) is 5.75 Å². The van der Waals surface area contributed by atoms with Crippen molar-refractivity contribution in [3.8, 4) is 11.8 Å². The van der Waals surface area contributed by atoms with E-state index in [2.05, 4.69) is 19.9 Å². The Kier molecular flexibility index (Phi) is 5.61. The molecule has 2 aromatic heterocycles. The summed E-state index contributed by atoms with van der Waals surface area (Å²) in [6.45, 7) is 0.601. The highest BCUT2D eigenvalue weighted by Crippen LogP contribution is 2.20. The molecule has 2 aromatic carbocycles. The third-order valence-electron chi connectivity index (χ3n) is 4.37. The van der Waals surface area contributed by atoms with Gasteiger partial charge in [0.2, 0.25) is 0 Å². The lowest BCUT2D eigenvalue weighted by atomic mass is 10.1. The van der Waals surface area contributed by atoms with E-state index in [4.69, 9.17) is 10.5 Å². The second-order valence-electron chi connectivity index (χ2n) is 6.49. The van der Waals surface area contributed by atoms with Crippen LogP contribution in [0.1, 0.15) is 11.1 Å². The standard InChI is InChI=1S/C23H19N5O2/c24-20(11-13-25-14-16-4-2-1-3-5-16)17-6-8-18(9-7-17)30-23-27-21-15-26-12-10-19(21)22(29)28-23/h1-13,15H,14,24H2,(H,27,28,29). The molecule has 0 bridgehead atoms. The molecule has 3 N–H and O–H groups in total. The molecule has 2 heterocycles. The van der Waals surface area contributed by atoms with E-state index in [0.29, 0.717) is 28.9 Å². The molecular formula is C23H19N5O2. The molecular weight excluding hydrogens is 378 g/mol. The fraction of sp³-hybridized carbons (Fsp3) is 0.0435. The first-order valence-electron chi connectivity index (χ1n) is 9.31. The number of hydrogen-bond acceptors (Lipinski definition) is 6. The highest BCUT2D eigenvalue weighted by Gasteiger charge is 2.06. The van der Waals surface area contributed by atoms with Gasteiger partial charge in [-0.05, 0) is 47.5 Å². The number of H-pyrrole nitrogens is 1. The molecule has 0 unspecified atom stereocenters. The molecule has 0 spiro atoms. The predicted octanol–water partition coefficient (Wildman–Crippen LogP) is 3.68. The van der Waals surface area contributed by atoms with Crippen LogP contribution in [0, 0.1) is 0 Å². The van der Waals surface area contributed by atoms with Crippen molar-refractivity contribution < 1.29 is 4.74 Å². The second-order valence-corrected chi connectivity index (χ2v) is 6.49. The van der Waals surface area contributed by atoms with Crippen LogP contribution in [-0.2, 0) is 6.54 Å². The van der Waals surface area contributed by atoms with Gasteiger partial charge in [0, 0.05) is 18.1 Å². The lowest BCUT2D eigenvalue weighted by molar-refractivity contribution is 0.442. The molecule has 0 aliphatic carbocycles. The van der Waals surface area contributed by atoms with Crippen LogP contribution < -0.4 is 16.0 Å². The minimum Gasteiger partial charge on any atom is -0.426 e. The van der Waals surface area contributed by atoms with Crippen LogP contribution in [0.3, 0.4) is 0 Å². The third kappa shape index (κ3) is 4.59. The fourth-order valence-corrected chi connectivity index (χ4v) is 2.82. The molecule has 30 heavy (non-hydrogen) atoms. The van der Waals surface area contributed by atoms with Crippen LogP contribution in [-0.4, -0.2) is 21.2 Å². The Morgan fingerprint density at radius 3 is 2.70 bits per heavy atom. The van der Waals surface area contributed by atoms with Crippen molar-refractivity contribution >= 4 is 22.8 Å². The van der Waals surface area contributed by atoms with E-state index in [1.165, 1.54) is 6.20 Å². The molecule has 0 aliphatic rings. The van der Waals surface area contributed by atoms with Gasteiger partial charge >= 0.3 is 6.01 Å². The SMILES string of the molecule is NC(=CC=NCc1ccccc1)c1ccc(Oc2nc3cnccc3c(=O)[nH]2)cc1. The summed E-state index contributed by atoms with van der Waals surface area (Å²) < 4.78 is 5.67. The largest absolute Gasteiger partial charge is 0.426 e. The van der Waals surface area contributed by atoms with Gasteiger partial charge in [-0.1, -0.05) is 30.3 Å². The van der Waals surface area contributed by atoms with E-state index in [-0.39, 0.29) is 11.6 Å². The lowest BCUT2D eigenvalue weighted by Crippen LogP contribution is -2.09. The number of pyridine rings is 1. The van der Waals surface area contributed by atoms with Crippen molar-refractivity contribution in [2.24, 2.45) is 10.7 Å². The van der Waals surface area contributed by atoms with Gasteiger partial charge in [-0.15, -0.1) is 0 Å². The first kappa shape index (κ1) is 19.1. The van der Waals surface area contributed by atoms with Crippen molar-refractivity contribution in [3.05, 3.63) is 101 Å². The highest BCUT2D eigenvalue weighted by atomic mass is 16.5. The van der Waals surface area contributed by atoms with Gasteiger partial charge in [-0.3, -0.25) is 19.8 Å². The minimum absolute atomic E-state index is 0.102. The molecule has 148 valence electrons. The first-order valence-corrected chi connectivity index (χ1v) is 9.31. The summed E-state index contributed by atoms with van der Waals surface area (Å²) in [5, 5.41) is 0.458. The lowest BCUT2D eigenvalue weighted by Gasteiger charge is -2.06. The van der Waals surface area contributed by atoms with E-state index < -0.39 is 0 Å². The molecule has 7 heteroatoms. The Balaban J connectivity index is 1.43. The number of ether oxygens (including phenoxy) is 1. The Hall–Kier alpha value is -4.26. The van der Waals surface area contributed by atoms with Crippen molar-refractivity contribution in [1.29, 1.82) is 0 Å². The number of aromatic amines is 1. The van der Waals surface area contributed by atoms with Crippen LogP contribution in [0.5, 0.6) is 11.8 Å².